The summed E-state index contributed by atoms with van der Waals surface area (Å²) in [5.74, 6) is 1.23. The molecule has 0 atom stereocenters. The van der Waals surface area contributed by atoms with Crippen molar-refractivity contribution in [3.05, 3.63) is 69.9 Å². The number of ether oxygens (including phenoxy) is 1. The second kappa shape index (κ2) is 5.44. The van der Waals surface area contributed by atoms with Crippen LogP contribution in [-0.2, 0) is 0 Å². The van der Waals surface area contributed by atoms with Crippen LogP contribution >= 0.6 is 0 Å². The second-order valence-corrected chi connectivity index (χ2v) is 5.11. The fourth-order valence-corrected chi connectivity index (χ4v) is 2.31. The van der Waals surface area contributed by atoms with E-state index in [4.69, 9.17) is 4.74 Å². The molecule has 0 aliphatic carbocycles. The van der Waals surface area contributed by atoms with Gasteiger partial charge in [-0.3, -0.25) is 15.1 Å². The quantitative estimate of drug-likeness (QED) is 0.525. The van der Waals surface area contributed by atoms with Crippen molar-refractivity contribution >= 4 is 16.6 Å². The van der Waals surface area contributed by atoms with Gasteiger partial charge in [-0.25, -0.2) is 0 Å². The van der Waals surface area contributed by atoms with Crippen molar-refractivity contribution in [1.82, 2.24) is 4.98 Å². The molecule has 22 heavy (non-hydrogen) atoms. The number of hydrogen-bond acceptors (Lipinski definition) is 4. The molecule has 0 N–H and O–H groups in total. The lowest BCUT2D eigenvalue weighted by atomic mass is 10.1. The fourth-order valence-electron chi connectivity index (χ4n) is 2.31. The molecular weight excluding hydrogens is 280 g/mol. The van der Waals surface area contributed by atoms with Crippen LogP contribution in [0.1, 0.15) is 11.1 Å². The highest BCUT2D eigenvalue weighted by Crippen LogP contribution is 2.35. The Hall–Kier alpha value is -2.95. The number of rotatable bonds is 3. The Morgan fingerprint density at radius 1 is 1.09 bits per heavy atom. The Kier molecular flexibility index (Phi) is 3.47. The SMILES string of the molecule is Cc1ccc(C)c(Oc2ccc([N+](=O)[O-])c3cccnc23)c1. The second-order valence-electron chi connectivity index (χ2n) is 5.11. The summed E-state index contributed by atoms with van der Waals surface area (Å²) in [6.07, 6.45) is 1.60. The smallest absolute Gasteiger partial charge is 0.279 e. The molecule has 0 bridgehead atoms. The lowest BCUT2D eigenvalue weighted by Crippen LogP contribution is -1.94. The summed E-state index contributed by atoms with van der Waals surface area (Å²) in [6.45, 7) is 3.94. The molecule has 0 aliphatic rings. The van der Waals surface area contributed by atoms with Gasteiger partial charge in [0.1, 0.15) is 11.3 Å². The van der Waals surface area contributed by atoms with E-state index in [-0.39, 0.29) is 5.69 Å². The van der Waals surface area contributed by atoms with Gasteiger partial charge in [0.15, 0.2) is 5.75 Å². The molecule has 0 saturated heterocycles. The van der Waals surface area contributed by atoms with Gasteiger partial charge in [0.05, 0.1) is 10.3 Å². The summed E-state index contributed by atoms with van der Waals surface area (Å²) in [4.78, 5) is 15.0. The van der Waals surface area contributed by atoms with Crippen LogP contribution in [0.15, 0.2) is 48.7 Å². The topological polar surface area (TPSA) is 65.3 Å². The lowest BCUT2D eigenvalue weighted by Gasteiger charge is -2.11. The molecule has 1 heterocycles. The zero-order valence-electron chi connectivity index (χ0n) is 12.2. The first-order valence-corrected chi connectivity index (χ1v) is 6.83. The van der Waals surface area contributed by atoms with Crippen LogP contribution in [0.3, 0.4) is 0 Å². The molecule has 0 unspecified atom stereocenters. The van der Waals surface area contributed by atoms with Gasteiger partial charge >= 0.3 is 0 Å². The van der Waals surface area contributed by atoms with Crippen LogP contribution in [0, 0.1) is 24.0 Å². The van der Waals surface area contributed by atoms with Crippen molar-refractivity contribution in [2.75, 3.05) is 0 Å². The molecule has 5 heteroatoms. The molecule has 0 fully saturated rings. The molecule has 0 aliphatic heterocycles. The molecule has 0 radical (unpaired) electrons. The molecule has 0 amide bonds. The van der Waals surface area contributed by atoms with Crippen LogP contribution in [0.25, 0.3) is 10.9 Å². The van der Waals surface area contributed by atoms with Gasteiger partial charge in [-0.2, -0.15) is 0 Å². The third kappa shape index (κ3) is 2.48. The highest BCUT2D eigenvalue weighted by atomic mass is 16.6. The van der Waals surface area contributed by atoms with Crippen molar-refractivity contribution in [3.63, 3.8) is 0 Å². The van der Waals surface area contributed by atoms with Crippen LogP contribution in [0.5, 0.6) is 11.5 Å². The van der Waals surface area contributed by atoms with Gasteiger partial charge in [-0.05, 0) is 49.2 Å². The lowest BCUT2D eigenvalue weighted by molar-refractivity contribution is -0.383. The molecule has 2 aromatic carbocycles. The predicted molar refractivity (Wildman–Crippen MR) is 84.4 cm³/mol. The van der Waals surface area contributed by atoms with E-state index in [1.54, 1.807) is 24.4 Å². The molecule has 5 nitrogen and oxygen atoms in total. The minimum atomic E-state index is -0.411. The Labute approximate surface area is 127 Å². The van der Waals surface area contributed by atoms with Crippen molar-refractivity contribution in [1.29, 1.82) is 0 Å². The van der Waals surface area contributed by atoms with E-state index >= 15 is 0 Å². The zero-order chi connectivity index (χ0) is 15.7. The van der Waals surface area contributed by atoms with Crippen LogP contribution in [0.2, 0.25) is 0 Å². The van der Waals surface area contributed by atoms with Crippen molar-refractivity contribution < 1.29 is 9.66 Å². The molecule has 110 valence electrons. The minimum Gasteiger partial charge on any atom is -0.455 e. The summed E-state index contributed by atoms with van der Waals surface area (Å²) in [5.41, 5.74) is 2.59. The zero-order valence-corrected chi connectivity index (χ0v) is 12.2. The van der Waals surface area contributed by atoms with Gasteiger partial charge in [-0.1, -0.05) is 12.1 Å². The molecule has 3 rings (SSSR count). The van der Waals surface area contributed by atoms with Crippen LogP contribution in [0.4, 0.5) is 5.69 Å². The molecule has 1 aromatic heterocycles. The number of hydrogen-bond donors (Lipinski definition) is 0. The number of nitro benzene ring substituents is 1. The summed E-state index contributed by atoms with van der Waals surface area (Å²) in [7, 11) is 0. The van der Waals surface area contributed by atoms with E-state index < -0.39 is 4.92 Å². The average molecular weight is 294 g/mol. The van der Waals surface area contributed by atoms with E-state index in [0.717, 1.165) is 16.9 Å². The molecule has 0 saturated carbocycles. The van der Waals surface area contributed by atoms with Gasteiger partial charge in [0.2, 0.25) is 0 Å². The van der Waals surface area contributed by atoms with Gasteiger partial charge in [0, 0.05) is 12.3 Å². The number of pyridine rings is 1. The Morgan fingerprint density at radius 3 is 2.68 bits per heavy atom. The number of benzene rings is 2. The highest BCUT2D eigenvalue weighted by Gasteiger charge is 2.16. The Morgan fingerprint density at radius 2 is 1.91 bits per heavy atom. The number of fused-ring (bicyclic) bond motifs is 1. The third-order valence-electron chi connectivity index (χ3n) is 3.47. The average Bonchev–Trinajstić information content (AvgIpc) is 2.51. The van der Waals surface area contributed by atoms with Crippen LogP contribution < -0.4 is 4.74 Å². The van der Waals surface area contributed by atoms with E-state index in [0.29, 0.717) is 16.7 Å². The number of aryl methyl sites for hydroxylation is 2. The van der Waals surface area contributed by atoms with E-state index in [1.807, 2.05) is 32.0 Å². The normalized spacial score (nSPS) is 10.6. The van der Waals surface area contributed by atoms with Gasteiger partial charge < -0.3 is 4.74 Å². The fraction of sp³-hybridized carbons (Fsp3) is 0.118. The van der Waals surface area contributed by atoms with Crippen LogP contribution in [-0.4, -0.2) is 9.91 Å². The first-order valence-electron chi connectivity index (χ1n) is 6.83. The number of aromatic nitrogens is 1. The Balaban J connectivity index is 2.14. The monoisotopic (exact) mass is 294 g/mol. The predicted octanol–water partition coefficient (Wildman–Crippen LogP) is 4.55. The largest absolute Gasteiger partial charge is 0.455 e. The van der Waals surface area contributed by atoms with Crippen molar-refractivity contribution in [3.8, 4) is 11.5 Å². The van der Waals surface area contributed by atoms with Gasteiger partial charge in [-0.15, -0.1) is 0 Å². The first-order chi connectivity index (χ1) is 10.6. The Bertz CT molecular complexity index is 875. The summed E-state index contributed by atoms with van der Waals surface area (Å²) in [6, 6.07) is 12.3. The van der Waals surface area contributed by atoms with Crippen molar-refractivity contribution in [2.24, 2.45) is 0 Å². The molecule has 0 spiro atoms. The van der Waals surface area contributed by atoms with E-state index in [1.165, 1.54) is 6.07 Å². The maximum atomic E-state index is 11.1. The number of non-ortho nitro benzene ring substituents is 1. The minimum absolute atomic E-state index is 0.0245. The molecular formula is C17H14N2O3. The summed E-state index contributed by atoms with van der Waals surface area (Å²) in [5, 5.41) is 11.6. The maximum absolute atomic E-state index is 11.1. The standard InChI is InChI=1S/C17H14N2O3/c1-11-5-6-12(2)16(10-11)22-15-8-7-14(19(20)21)13-4-3-9-18-17(13)15/h3-10H,1-2H3. The van der Waals surface area contributed by atoms with Gasteiger partial charge in [0.25, 0.3) is 5.69 Å². The summed E-state index contributed by atoms with van der Waals surface area (Å²) < 4.78 is 5.95. The number of nitro groups is 1. The maximum Gasteiger partial charge on any atom is 0.279 e. The van der Waals surface area contributed by atoms with E-state index in [2.05, 4.69) is 4.98 Å². The first kappa shape index (κ1) is 14.0. The third-order valence-corrected chi connectivity index (χ3v) is 3.47. The van der Waals surface area contributed by atoms with Crippen molar-refractivity contribution in [2.45, 2.75) is 13.8 Å². The van der Waals surface area contributed by atoms with E-state index in [9.17, 15) is 10.1 Å². The highest BCUT2D eigenvalue weighted by molar-refractivity contribution is 5.92. The summed E-state index contributed by atoms with van der Waals surface area (Å²) >= 11 is 0. The molecule has 3 aromatic rings. The number of nitrogens with zero attached hydrogens (tertiary/aromatic N) is 2.